The second kappa shape index (κ2) is 6.17. The first-order chi connectivity index (χ1) is 7.22. The van der Waals surface area contributed by atoms with Crippen LogP contribution >= 0.6 is 0 Å². The predicted molar refractivity (Wildman–Crippen MR) is 60.6 cm³/mol. The van der Waals surface area contributed by atoms with Crippen molar-refractivity contribution in [1.82, 2.24) is 0 Å². The molecule has 1 aromatic carbocycles. The number of hydrogen-bond acceptors (Lipinski definition) is 2. The lowest BCUT2D eigenvalue weighted by Crippen LogP contribution is -2.03. The molecule has 0 aliphatic rings. The molecule has 3 nitrogen and oxygen atoms in total. The maximum Gasteiger partial charge on any atom is 0.207 e. The van der Waals surface area contributed by atoms with Gasteiger partial charge in [0.15, 0.2) is 0 Å². The molecule has 0 bridgehead atoms. The third kappa shape index (κ3) is 4.58. The third-order valence-electron chi connectivity index (χ3n) is 2.43. The largest absolute Gasteiger partial charge is 0.265 e. The van der Waals surface area contributed by atoms with Crippen molar-refractivity contribution in [2.45, 2.75) is 32.6 Å². The van der Waals surface area contributed by atoms with E-state index in [1.807, 2.05) is 12.1 Å². The molecule has 15 heavy (non-hydrogen) atoms. The maximum atomic E-state index is 10.2. The fourth-order valence-electron chi connectivity index (χ4n) is 1.47. The van der Waals surface area contributed by atoms with E-state index >= 15 is 0 Å². The van der Waals surface area contributed by atoms with E-state index in [4.69, 9.17) is 0 Å². The van der Waals surface area contributed by atoms with Gasteiger partial charge in [-0.1, -0.05) is 37.6 Å². The van der Waals surface area contributed by atoms with E-state index in [0.717, 1.165) is 12.0 Å². The standard InChI is InChI=1S/C12H17NO2/c1-2-3-4-11-5-7-12(8-6-11)9-10-13(14)15/h5-8H,2-4,9-10H2,1H3. The highest BCUT2D eigenvalue weighted by Gasteiger charge is 1.99. The molecule has 0 N–H and O–H groups in total. The van der Waals surface area contributed by atoms with E-state index in [2.05, 4.69) is 19.1 Å². The molecule has 3 heteroatoms. The van der Waals surface area contributed by atoms with Gasteiger partial charge in [-0.15, -0.1) is 0 Å². The Labute approximate surface area is 90.3 Å². The average molecular weight is 207 g/mol. The molecule has 0 unspecified atom stereocenters. The van der Waals surface area contributed by atoms with Gasteiger partial charge in [0.25, 0.3) is 0 Å². The number of nitrogens with zero attached hydrogens (tertiary/aromatic N) is 1. The first kappa shape index (κ1) is 11.7. The van der Waals surface area contributed by atoms with Gasteiger partial charge >= 0.3 is 0 Å². The van der Waals surface area contributed by atoms with Crippen LogP contribution in [0.4, 0.5) is 0 Å². The normalized spacial score (nSPS) is 10.2. The summed E-state index contributed by atoms with van der Waals surface area (Å²) in [5.74, 6) is 0. The smallest absolute Gasteiger partial charge is 0.207 e. The van der Waals surface area contributed by atoms with E-state index in [1.165, 1.54) is 18.4 Å². The van der Waals surface area contributed by atoms with Crippen LogP contribution in [-0.2, 0) is 12.8 Å². The van der Waals surface area contributed by atoms with Crippen LogP contribution in [0.3, 0.4) is 0 Å². The maximum absolute atomic E-state index is 10.2. The lowest BCUT2D eigenvalue weighted by atomic mass is 10.1. The Balaban J connectivity index is 2.45. The molecule has 1 rings (SSSR count). The third-order valence-corrected chi connectivity index (χ3v) is 2.43. The number of hydrogen-bond donors (Lipinski definition) is 0. The summed E-state index contributed by atoms with van der Waals surface area (Å²) < 4.78 is 0. The van der Waals surface area contributed by atoms with Crippen molar-refractivity contribution < 1.29 is 4.92 Å². The van der Waals surface area contributed by atoms with E-state index in [0.29, 0.717) is 6.42 Å². The summed E-state index contributed by atoms with van der Waals surface area (Å²) >= 11 is 0. The monoisotopic (exact) mass is 207 g/mol. The summed E-state index contributed by atoms with van der Waals surface area (Å²) in [6, 6.07) is 8.14. The van der Waals surface area contributed by atoms with Crippen LogP contribution in [0, 0.1) is 10.1 Å². The van der Waals surface area contributed by atoms with Crippen LogP contribution in [0.1, 0.15) is 30.9 Å². The number of rotatable bonds is 6. The topological polar surface area (TPSA) is 43.1 Å². The SMILES string of the molecule is CCCCc1ccc(CC[N+](=O)[O-])cc1. The number of aryl methyl sites for hydroxylation is 1. The van der Waals surface area contributed by atoms with Crippen molar-refractivity contribution in [3.63, 3.8) is 0 Å². The van der Waals surface area contributed by atoms with Gasteiger partial charge in [-0.3, -0.25) is 10.1 Å². The first-order valence-corrected chi connectivity index (χ1v) is 5.42. The van der Waals surface area contributed by atoms with Crippen LogP contribution in [-0.4, -0.2) is 11.5 Å². The average Bonchev–Trinajstić information content (AvgIpc) is 2.25. The minimum Gasteiger partial charge on any atom is -0.265 e. The highest BCUT2D eigenvalue weighted by Crippen LogP contribution is 2.08. The molecular weight excluding hydrogens is 190 g/mol. The molecule has 0 aliphatic heterocycles. The first-order valence-electron chi connectivity index (χ1n) is 5.42. The molecular formula is C12H17NO2. The van der Waals surface area contributed by atoms with Crippen molar-refractivity contribution in [3.05, 3.63) is 45.5 Å². The van der Waals surface area contributed by atoms with Crippen molar-refractivity contribution in [2.24, 2.45) is 0 Å². The second-order valence-electron chi connectivity index (χ2n) is 3.73. The van der Waals surface area contributed by atoms with Gasteiger partial charge in [-0.2, -0.15) is 0 Å². The lowest BCUT2D eigenvalue weighted by molar-refractivity contribution is -0.479. The van der Waals surface area contributed by atoms with Crippen LogP contribution in [0.5, 0.6) is 0 Å². The zero-order valence-corrected chi connectivity index (χ0v) is 9.11. The molecule has 0 spiro atoms. The minimum atomic E-state index is -0.273. The number of benzene rings is 1. The molecule has 0 fully saturated rings. The van der Waals surface area contributed by atoms with E-state index in [9.17, 15) is 10.1 Å². The van der Waals surface area contributed by atoms with Crippen LogP contribution in [0.15, 0.2) is 24.3 Å². The summed E-state index contributed by atoms with van der Waals surface area (Å²) in [5, 5.41) is 10.2. The molecule has 0 saturated heterocycles. The summed E-state index contributed by atoms with van der Waals surface area (Å²) in [6.45, 7) is 2.19. The van der Waals surface area contributed by atoms with E-state index < -0.39 is 0 Å². The summed E-state index contributed by atoms with van der Waals surface area (Å²) in [7, 11) is 0. The molecule has 0 aliphatic carbocycles. The molecule has 0 aromatic heterocycles. The molecule has 1 aromatic rings. The van der Waals surface area contributed by atoms with Crippen molar-refractivity contribution in [1.29, 1.82) is 0 Å². The van der Waals surface area contributed by atoms with Crippen molar-refractivity contribution in [2.75, 3.05) is 6.54 Å². The Morgan fingerprint density at radius 1 is 1.13 bits per heavy atom. The fraction of sp³-hybridized carbons (Fsp3) is 0.500. The van der Waals surface area contributed by atoms with Gasteiger partial charge in [0.1, 0.15) is 0 Å². The number of nitro groups is 1. The van der Waals surface area contributed by atoms with E-state index in [-0.39, 0.29) is 11.5 Å². The molecule has 82 valence electrons. The lowest BCUT2D eigenvalue weighted by Gasteiger charge is -2.01. The van der Waals surface area contributed by atoms with Gasteiger partial charge in [0.2, 0.25) is 6.54 Å². The van der Waals surface area contributed by atoms with Gasteiger partial charge in [-0.05, 0) is 24.0 Å². The minimum absolute atomic E-state index is 0.0221. The Morgan fingerprint density at radius 2 is 1.67 bits per heavy atom. The molecule has 0 radical (unpaired) electrons. The van der Waals surface area contributed by atoms with Gasteiger partial charge in [0, 0.05) is 11.3 Å². The summed E-state index contributed by atoms with van der Waals surface area (Å²) in [5.41, 5.74) is 2.37. The fourth-order valence-corrected chi connectivity index (χ4v) is 1.47. The van der Waals surface area contributed by atoms with E-state index in [1.54, 1.807) is 0 Å². The highest BCUT2D eigenvalue weighted by molar-refractivity contribution is 5.22. The predicted octanol–water partition coefficient (Wildman–Crippen LogP) is 2.85. The van der Waals surface area contributed by atoms with Crippen LogP contribution < -0.4 is 0 Å². The Hall–Kier alpha value is -1.38. The van der Waals surface area contributed by atoms with Crippen LogP contribution in [0.25, 0.3) is 0 Å². The Kier molecular flexibility index (Phi) is 4.81. The quantitative estimate of drug-likeness (QED) is 0.531. The van der Waals surface area contributed by atoms with Gasteiger partial charge < -0.3 is 0 Å². The Bertz CT molecular complexity index is 306. The zero-order valence-electron chi connectivity index (χ0n) is 9.11. The highest BCUT2D eigenvalue weighted by atomic mass is 16.6. The molecule has 0 saturated carbocycles. The van der Waals surface area contributed by atoms with Gasteiger partial charge in [-0.25, -0.2) is 0 Å². The second-order valence-corrected chi connectivity index (χ2v) is 3.73. The zero-order chi connectivity index (χ0) is 11.1. The van der Waals surface area contributed by atoms with Crippen molar-refractivity contribution >= 4 is 0 Å². The molecule has 0 heterocycles. The van der Waals surface area contributed by atoms with Crippen molar-refractivity contribution in [3.8, 4) is 0 Å². The summed E-state index contributed by atoms with van der Waals surface area (Å²) in [4.78, 5) is 9.91. The van der Waals surface area contributed by atoms with Gasteiger partial charge in [0.05, 0.1) is 0 Å². The Morgan fingerprint density at radius 3 is 2.13 bits per heavy atom. The number of unbranched alkanes of at least 4 members (excludes halogenated alkanes) is 1. The summed E-state index contributed by atoms with van der Waals surface area (Å²) in [6.07, 6.45) is 4.03. The molecule has 0 amide bonds. The van der Waals surface area contributed by atoms with Crippen LogP contribution in [0.2, 0.25) is 0 Å². The molecule has 0 atom stereocenters.